The SMILES string of the molecule is C/C=C\CC(F)C(C)C(F)(F)F. The molecular formula is C8H12F4. The molecule has 0 saturated heterocycles. The summed E-state index contributed by atoms with van der Waals surface area (Å²) in [5.74, 6) is -1.88. The summed E-state index contributed by atoms with van der Waals surface area (Å²) in [5, 5.41) is 0. The fraction of sp³-hybridized carbons (Fsp3) is 0.750. The number of alkyl halides is 4. The van der Waals surface area contributed by atoms with Crippen molar-refractivity contribution >= 4 is 0 Å². The van der Waals surface area contributed by atoms with E-state index in [1.165, 1.54) is 12.2 Å². The number of rotatable bonds is 3. The van der Waals surface area contributed by atoms with E-state index in [4.69, 9.17) is 0 Å². The van der Waals surface area contributed by atoms with E-state index in [0.29, 0.717) is 0 Å². The highest BCUT2D eigenvalue weighted by molar-refractivity contribution is 4.84. The number of hydrogen-bond acceptors (Lipinski definition) is 0. The van der Waals surface area contributed by atoms with E-state index in [-0.39, 0.29) is 6.42 Å². The largest absolute Gasteiger partial charge is 0.394 e. The van der Waals surface area contributed by atoms with Crippen LogP contribution < -0.4 is 0 Å². The monoisotopic (exact) mass is 184 g/mol. The predicted molar refractivity (Wildman–Crippen MR) is 39.5 cm³/mol. The minimum atomic E-state index is -4.43. The molecule has 0 N–H and O–H groups in total. The van der Waals surface area contributed by atoms with Crippen LogP contribution in [-0.4, -0.2) is 12.3 Å². The molecular weight excluding hydrogens is 172 g/mol. The zero-order chi connectivity index (χ0) is 9.78. The summed E-state index contributed by atoms with van der Waals surface area (Å²) >= 11 is 0. The van der Waals surface area contributed by atoms with Crippen molar-refractivity contribution in [2.75, 3.05) is 0 Å². The zero-order valence-corrected chi connectivity index (χ0v) is 7.03. The predicted octanol–water partition coefficient (Wildman–Crippen LogP) is 3.49. The van der Waals surface area contributed by atoms with Crippen molar-refractivity contribution in [2.24, 2.45) is 5.92 Å². The summed E-state index contributed by atoms with van der Waals surface area (Å²) in [5.41, 5.74) is 0. The molecule has 2 unspecified atom stereocenters. The van der Waals surface area contributed by atoms with Gasteiger partial charge in [0.25, 0.3) is 0 Å². The smallest absolute Gasteiger partial charge is 0.246 e. The molecule has 0 fully saturated rings. The molecule has 0 aromatic heterocycles. The van der Waals surface area contributed by atoms with Crippen LogP contribution >= 0.6 is 0 Å². The second-order valence-electron chi connectivity index (χ2n) is 2.65. The summed E-state index contributed by atoms with van der Waals surface area (Å²) < 4.78 is 48.3. The molecule has 4 heteroatoms. The second kappa shape index (κ2) is 4.48. The standard InChI is InChI=1S/C8H12F4/c1-3-4-5-7(9)6(2)8(10,11)12/h3-4,6-7H,5H2,1-2H3/b4-3-. The highest BCUT2D eigenvalue weighted by Gasteiger charge is 2.40. The molecule has 72 valence electrons. The summed E-state index contributed by atoms with van der Waals surface area (Å²) in [6.07, 6.45) is -3.50. The molecule has 0 radical (unpaired) electrons. The molecule has 0 saturated carbocycles. The normalized spacial score (nSPS) is 18.2. The maximum Gasteiger partial charge on any atom is 0.394 e. The van der Waals surface area contributed by atoms with E-state index >= 15 is 0 Å². The molecule has 0 rings (SSSR count). The van der Waals surface area contributed by atoms with Crippen LogP contribution in [0.4, 0.5) is 17.6 Å². The third-order valence-corrected chi connectivity index (χ3v) is 1.66. The van der Waals surface area contributed by atoms with Crippen LogP contribution in [0, 0.1) is 5.92 Å². The van der Waals surface area contributed by atoms with Gasteiger partial charge in [0.2, 0.25) is 0 Å². The minimum absolute atomic E-state index is 0.169. The number of allylic oxidation sites excluding steroid dienone is 2. The van der Waals surface area contributed by atoms with E-state index in [1.807, 2.05) is 0 Å². The van der Waals surface area contributed by atoms with Gasteiger partial charge in [-0.15, -0.1) is 0 Å². The zero-order valence-electron chi connectivity index (χ0n) is 7.03. The number of hydrogen-bond donors (Lipinski definition) is 0. The van der Waals surface area contributed by atoms with Crippen LogP contribution in [0.2, 0.25) is 0 Å². The third kappa shape index (κ3) is 3.74. The summed E-state index contributed by atoms with van der Waals surface area (Å²) in [4.78, 5) is 0. The van der Waals surface area contributed by atoms with Gasteiger partial charge in [0, 0.05) is 0 Å². The Morgan fingerprint density at radius 2 is 1.83 bits per heavy atom. The highest BCUT2D eigenvalue weighted by Crippen LogP contribution is 2.31. The van der Waals surface area contributed by atoms with Gasteiger partial charge >= 0.3 is 6.18 Å². The van der Waals surface area contributed by atoms with Crippen molar-refractivity contribution in [3.05, 3.63) is 12.2 Å². The maximum atomic E-state index is 12.7. The van der Waals surface area contributed by atoms with E-state index in [2.05, 4.69) is 0 Å². The molecule has 0 amide bonds. The van der Waals surface area contributed by atoms with Crippen molar-refractivity contribution in [3.8, 4) is 0 Å². The third-order valence-electron chi connectivity index (χ3n) is 1.66. The van der Waals surface area contributed by atoms with Gasteiger partial charge in [0.15, 0.2) is 0 Å². The molecule has 0 aliphatic carbocycles. The van der Waals surface area contributed by atoms with Crippen molar-refractivity contribution < 1.29 is 17.6 Å². The van der Waals surface area contributed by atoms with Crippen molar-refractivity contribution in [3.63, 3.8) is 0 Å². The van der Waals surface area contributed by atoms with Crippen molar-refractivity contribution in [1.82, 2.24) is 0 Å². The lowest BCUT2D eigenvalue weighted by atomic mass is 10.0. The van der Waals surface area contributed by atoms with Crippen LogP contribution in [0.5, 0.6) is 0 Å². The minimum Gasteiger partial charge on any atom is -0.246 e. The first-order valence-electron chi connectivity index (χ1n) is 3.71. The van der Waals surface area contributed by atoms with Crippen LogP contribution in [0.15, 0.2) is 12.2 Å². The van der Waals surface area contributed by atoms with Crippen LogP contribution in [0.25, 0.3) is 0 Å². The van der Waals surface area contributed by atoms with Crippen molar-refractivity contribution in [1.29, 1.82) is 0 Å². The van der Waals surface area contributed by atoms with Crippen LogP contribution in [0.1, 0.15) is 20.3 Å². The molecule has 0 aliphatic rings. The van der Waals surface area contributed by atoms with Gasteiger partial charge in [-0.1, -0.05) is 19.1 Å². The van der Waals surface area contributed by atoms with Crippen LogP contribution in [0.3, 0.4) is 0 Å². The maximum absolute atomic E-state index is 12.7. The first-order chi connectivity index (χ1) is 5.39. The Kier molecular flexibility index (Phi) is 4.28. The molecule has 0 heterocycles. The lowest BCUT2D eigenvalue weighted by Gasteiger charge is -2.18. The van der Waals surface area contributed by atoms with Crippen LogP contribution in [-0.2, 0) is 0 Å². The number of halogens is 4. The average Bonchev–Trinajstić information content (AvgIpc) is 1.97. The summed E-state index contributed by atoms with van der Waals surface area (Å²) in [7, 11) is 0. The van der Waals surface area contributed by atoms with E-state index < -0.39 is 18.3 Å². The van der Waals surface area contributed by atoms with Gasteiger partial charge in [0.05, 0.1) is 5.92 Å². The van der Waals surface area contributed by atoms with Crippen molar-refractivity contribution in [2.45, 2.75) is 32.6 Å². The fourth-order valence-corrected chi connectivity index (χ4v) is 0.675. The topological polar surface area (TPSA) is 0 Å². The summed E-state index contributed by atoms with van der Waals surface area (Å²) in [6, 6.07) is 0. The van der Waals surface area contributed by atoms with E-state index in [9.17, 15) is 17.6 Å². The van der Waals surface area contributed by atoms with Gasteiger partial charge in [0.1, 0.15) is 6.17 Å². The molecule has 12 heavy (non-hydrogen) atoms. The Hall–Kier alpha value is -0.540. The molecule has 0 aliphatic heterocycles. The second-order valence-corrected chi connectivity index (χ2v) is 2.65. The first kappa shape index (κ1) is 11.5. The molecule has 0 aromatic rings. The Bertz CT molecular complexity index is 148. The quantitative estimate of drug-likeness (QED) is 0.465. The Morgan fingerprint density at radius 3 is 2.17 bits per heavy atom. The van der Waals surface area contributed by atoms with Gasteiger partial charge in [-0.2, -0.15) is 13.2 Å². The molecule has 0 aromatic carbocycles. The highest BCUT2D eigenvalue weighted by atomic mass is 19.4. The fourth-order valence-electron chi connectivity index (χ4n) is 0.675. The molecule has 0 nitrogen and oxygen atoms in total. The Morgan fingerprint density at radius 1 is 1.33 bits per heavy atom. The molecule has 2 atom stereocenters. The average molecular weight is 184 g/mol. The van der Waals surface area contributed by atoms with Gasteiger partial charge in [-0.05, 0) is 13.3 Å². The molecule has 0 spiro atoms. The van der Waals surface area contributed by atoms with Gasteiger partial charge < -0.3 is 0 Å². The van der Waals surface area contributed by atoms with E-state index in [0.717, 1.165) is 6.92 Å². The Balaban J connectivity index is 4.01. The summed E-state index contributed by atoms with van der Waals surface area (Å²) in [6.45, 7) is 2.50. The van der Waals surface area contributed by atoms with Gasteiger partial charge in [-0.3, -0.25) is 0 Å². The van der Waals surface area contributed by atoms with Gasteiger partial charge in [-0.25, -0.2) is 4.39 Å². The van der Waals surface area contributed by atoms with E-state index in [1.54, 1.807) is 6.92 Å². The lowest BCUT2D eigenvalue weighted by Crippen LogP contribution is -2.28. The lowest BCUT2D eigenvalue weighted by molar-refractivity contribution is -0.184. The first-order valence-corrected chi connectivity index (χ1v) is 3.71. The molecule has 0 bridgehead atoms. The Labute approximate surface area is 69.3 Å².